The van der Waals surface area contributed by atoms with Crippen LogP contribution in [0.3, 0.4) is 0 Å². The number of anilines is 1. The van der Waals surface area contributed by atoms with Crippen LogP contribution in [0.5, 0.6) is 0 Å². The second-order valence-electron chi connectivity index (χ2n) is 6.48. The number of methoxy groups -OCH3 is 1. The van der Waals surface area contributed by atoms with Crippen molar-refractivity contribution in [2.75, 3.05) is 18.2 Å². The molecule has 3 aromatic rings. The van der Waals surface area contributed by atoms with Crippen LogP contribution in [0.15, 0.2) is 34.2 Å². The fourth-order valence-corrected chi connectivity index (χ4v) is 3.56. The van der Waals surface area contributed by atoms with Gasteiger partial charge in [0.1, 0.15) is 0 Å². The Hall–Kier alpha value is -3.20. The predicted molar refractivity (Wildman–Crippen MR) is 112 cm³/mol. The Balaban J connectivity index is 1.83. The number of amides is 1. The van der Waals surface area contributed by atoms with Gasteiger partial charge in [-0.2, -0.15) is 0 Å². The summed E-state index contributed by atoms with van der Waals surface area (Å²) in [5.74, 6) is -0.804. The lowest BCUT2D eigenvalue weighted by molar-refractivity contribution is -0.113. The van der Waals surface area contributed by atoms with E-state index in [1.807, 2.05) is 32.0 Å². The van der Waals surface area contributed by atoms with Gasteiger partial charge in [0.15, 0.2) is 10.8 Å². The van der Waals surface area contributed by atoms with Crippen LogP contribution in [-0.2, 0) is 9.53 Å². The first kappa shape index (κ1) is 20.5. The number of aromatic nitrogens is 3. The maximum absolute atomic E-state index is 12.5. The van der Waals surface area contributed by atoms with E-state index in [9.17, 15) is 14.4 Å². The Morgan fingerprint density at radius 1 is 1.17 bits per heavy atom. The number of esters is 1. The first-order valence-corrected chi connectivity index (χ1v) is 9.77. The second kappa shape index (κ2) is 8.44. The topological polar surface area (TPSA) is 114 Å². The summed E-state index contributed by atoms with van der Waals surface area (Å²) in [6.07, 6.45) is 0. The fourth-order valence-electron chi connectivity index (χ4n) is 2.91. The number of nitrogens with one attached hydrogen (secondary N) is 2. The van der Waals surface area contributed by atoms with Gasteiger partial charge >= 0.3 is 5.97 Å². The van der Waals surface area contributed by atoms with Crippen LogP contribution in [0.4, 0.5) is 5.69 Å². The molecule has 0 radical (unpaired) electrons. The van der Waals surface area contributed by atoms with Gasteiger partial charge in [-0.25, -0.2) is 14.8 Å². The molecular weight excluding hydrogens is 392 g/mol. The van der Waals surface area contributed by atoms with Crippen molar-refractivity contribution in [1.29, 1.82) is 0 Å². The summed E-state index contributed by atoms with van der Waals surface area (Å²) in [6, 6.07) is 7.25. The van der Waals surface area contributed by atoms with Crippen molar-refractivity contribution < 1.29 is 14.3 Å². The number of thioether (sulfide) groups is 1. The molecule has 0 saturated carbocycles. The van der Waals surface area contributed by atoms with E-state index >= 15 is 0 Å². The van der Waals surface area contributed by atoms with Crippen molar-refractivity contribution in [3.8, 4) is 0 Å². The van der Waals surface area contributed by atoms with Gasteiger partial charge in [-0.1, -0.05) is 30.0 Å². The molecule has 1 amide bonds. The van der Waals surface area contributed by atoms with E-state index in [-0.39, 0.29) is 33.4 Å². The first-order chi connectivity index (χ1) is 13.8. The molecule has 9 heteroatoms. The molecule has 0 fully saturated rings. The zero-order valence-electron chi connectivity index (χ0n) is 16.5. The molecule has 0 atom stereocenters. The number of benzene rings is 1. The molecule has 3 rings (SSSR count). The van der Waals surface area contributed by atoms with Crippen LogP contribution in [-0.4, -0.2) is 39.7 Å². The average molecular weight is 412 g/mol. The Kier molecular flexibility index (Phi) is 5.97. The van der Waals surface area contributed by atoms with Crippen molar-refractivity contribution in [3.63, 3.8) is 0 Å². The number of carbonyl (C=O) groups excluding carboxylic acids is 2. The summed E-state index contributed by atoms with van der Waals surface area (Å²) in [5.41, 5.74) is 2.96. The minimum atomic E-state index is -0.638. The highest BCUT2D eigenvalue weighted by Gasteiger charge is 2.18. The summed E-state index contributed by atoms with van der Waals surface area (Å²) in [4.78, 5) is 48.0. The summed E-state index contributed by atoms with van der Waals surface area (Å²) in [5, 5.41) is 3.19. The number of ether oxygens (including phenoxy) is 1. The van der Waals surface area contributed by atoms with Crippen molar-refractivity contribution in [3.05, 3.63) is 57.0 Å². The lowest BCUT2D eigenvalue weighted by Gasteiger charge is -2.11. The van der Waals surface area contributed by atoms with E-state index < -0.39 is 11.5 Å². The van der Waals surface area contributed by atoms with Crippen molar-refractivity contribution in [2.45, 2.75) is 25.9 Å². The molecule has 2 N–H and O–H groups in total. The molecular formula is C20H20N4O4S. The zero-order chi connectivity index (χ0) is 21.1. The largest absolute Gasteiger partial charge is 0.465 e. The summed E-state index contributed by atoms with van der Waals surface area (Å²) in [7, 11) is 1.24. The highest BCUT2D eigenvalue weighted by atomic mass is 32.2. The number of carbonyl (C=O) groups is 2. The van der Waals surface area contributed by atoms with Gasteiger partial charge in [0, 0.05) is 11.4 Å². The van der Waals surface area contributed by atoms with E-state index in [0.29, 0.717) is 5.69 Å². The molecule has 150 valence electrons. The first-order valence-electron chi connectivity index (χ1n) is 8.79. The number of rotatable bonds is 5. The lowest BCUT2D eigenvalue weighted by atomic mass is 10.1. The third kappa shape index (κ3) is 4.45. The second-order valence-corrected chi connectivity index (χ2v) is 7.44. The maximum Gasteiger partial charge on any atom is 0.338 e. The van der Waals surface area contributed by atoms with Crippen LogP contribution in [0.2, 0.25) is 0 Å². The Morgan fingerprint density at radius 2 is 1.86 bits per heavy atom. The number of aromatic amines is 1. The number of H-pyrrole nitrogens is 1. The van der Waals surface area contributed by atoms with E-state index in [1.165, 1.54) is 13.2 Å². The van der Waals surface area contributed by atoms with E-state index in [4.69, 9.17) is 4.74 Å². The number of hydrogen-bond donors (Lipinski definition) is 2. The molecule has 8 nitrogen and oxygen atoms in total. The average Bonchev–Trinajstić information content (AvgIpc) is 2.67. The van der Waals surface area contributed by atoms with Gasteiger partial charge in [-0.3, -0.25) is 9.59 Å². The highest BCUT2D eigenvalue weighted by Crippen LogP contribution is 2.21. The van der Waals surface area contributed by atoms with E-state index in [1.54, 1.807) is 6.92 Å². The maximum atomic E-state index is 12.5. The molecule has 2 heterocycles. The van der Waals surface area contributed by atoms with Crippen LogP contribution >= 0.6 is 11.8 Å². The molecule has 0 spiro atoms. The van der Waals surface area contributed by atoms with Crippen LogP contribution < -0.4 is 10.9 Å². The Morgan fingerprint density at radius 3 is 2.52 bits per heavy atom. The van der Waals surface area contributed by atoms with Crippen LogP contribution in [0.25, 0.3) is 11.0 Å². The number of nitrogens with zero attached hydrogens (tertiary/aromatic N) is 2. The van der Waals surface area contributed by atoms with Gasteiger partial charge in [0.2, 0.25) is 5.91 Å². The highest BCUT2D eigenvalue weighted by molar-refractivity contribution is 7.99. The molecule has 0 aliphatic rings. The van der Waals surface area contributed by atoms with E-state index in [0.717, 1.165) is 28.6 Å². The zero-order valence-corrected chi connectivity index (χ0v) is 17.3. The lowest BCUT2D eigenvalue weighted by Crippen LogP contribution is -2.18. The minimum Gasteiger partial charge on any atom is -0.465 e. The van der Waals surface area contributed by atoms with E-state index in [2.05, 4.69) is 20.3 Å². The van der Waals surface area contributed by atoms with Gasteiger partial charge in [0.05, 0.1) is 23.8 Å². The van der Waals surface area contributed by atoms with Gasteiger partial charge in [-0.15, -0.1) is 0 Å². The van der Waals surface area contributed by atoms with Crippen LogP contribution in [0.1, 0.15) is 27.2 Å². The molecule has 0 unspecified atom stereocenters. The van der Waals surface area contributed by atoms with Gasteiger partial charge in [0.25, 0.3) is 5.56 Å². The van der Waals surface area contributed by atoms with Gasteiger partial charge in [-0.05, 0) is 38.0 Å². The number of aryl methyl sites for hydroxylation is 3. The minimum absolute atomic E-state index is 0.0535. The standard InChI is InChI=1S/C20H20N4O4S/c1-10-6-5-7-11(2)16(10)22-14(25)9-29-20-23-17-15(18(26)24-20)13(19(27)28-4)8-12(3)21-17/h5-8H,9H2,1-4H3,(H,22,25)(H,21,23,24,26). The monoisotopic (exact) mass is 412 g/mol. The van der Waals surface area contributed by atoms with Crippen molar-refractivity contribution in [2.24, 2.45) is 0 Å². The summed E-state index contributed by atoms with van der Waals surface area (Å²) >= 11 is 1.08. The molecule has 1 aromatic carbocycles. The number of hydrogen-bond acceptors (Lipinski definition) is 7. The quantitative estimate of drug-likeness (QED) is 0.376. The van der Waals surface area contributed by atoms with Crippen LogP contribution in [0, 0.1) is 20.8 Å². The number of pyridine rings is 1. The Labute approximate surface area is 171 Å². The summed E-state index contributed by atoms with van der Waals surface area (Å²) in [6.45, 7) is 5.54. The molecule has 29 heavy (non-hydrogen) atoms. The van der Waals surface area contributed by atoms with Crippen molar-refractivity contribution >= 4 is 40.4 Å². The summed E-state index contributed by atoms with van der Waals surface area (Å²) < 4.78 is 4.73. The number of fused-ring (bicyclic) bond motifs is 1. The smallest absolute Gasteiger partial charge is 0.338 e. The number of para-hydroxylation sites is 1. The predicted octanol–water partition coefficient (Wildman–Crippen LogP) is 2.76. The molecule has 0 aliphatic heterocycles. The third-order valence-electron chi connectivity index (χ3n) is 4.27. The molecule has 2 aromatic heterocycles. The molecule has 0 bridgehead atoms. The Bertz CT molecular complexity index is 1150. The molecule has 0 aliphatic carbocycles. The third-order valence-corrected chi connectivity index (χ3v) is 5.15. The SMILES string of the molecule is COC(=O)c1cc(C)nc2nc(SCC(=O)Nc3c(C)cccc3C)[nH]c(=O)c12. The molecule has 0 saturated heterocycles. The fraction of sp³-hybridized carbons (Fsp3) is 0.250. The normalized spacial score (nSPS) is 10.8. The van der Waals surface area contributed by atoms with Gasteiger partial charge < -0.3 is 15.0 Å². The van der Waals surface area contributed by atoms with Crippen molar-refractivity contribution in [1.82, 2.24) is 15.0 Å².